The van der Waals surface area contributed by atoms with Crippen molar-refractivity contribution in [3.05, 3.63) is 45.9 Å². The molecule has 20 heavy (non-hydrogen) atoms. The highest BCUT2D eigenvalue weighted by molar-refractivity contribution is 5.50. The van der Waals surface area contributed by atoms with Crippen LogP contribution in [0.3, 0.4) is 0 Å². The minimum atomic E-state index is -0.622. The Labute approximate surface area is 114 Å². The lowest BCUT2D eigenvalue weighted by atomic mass is 10.3. The average Bonchev–Trinajstić information content (AvgIpc) is 2.84. The number of nitriles is 1. The van der Waals surface area contributed by atoms with Crippen LogP contribution < -0.4 is 5.32 Å². The van der Waals surface area contributed by atoms with E-state index in [9.17, 15) is 10.1 Å². The number of nitrogens with zero attached hydrogens (tertiary/aromatic N) is 5. The quantitative estimate of drug-likeness (QED) is 0.648. The van der Waals surface area contributed by atoms with Gasteiger partial charge in [0, 0.05) is 32.3 Å². The molecule has 0 saturated heterocycles. The van der Waals surface area contributed by atoms with Crippen molar-refractivity contribution >= 4 is 11.5 Å². The van der Waals surface area contributed by atoms with Gasteiger partial charge in [0.2, 0.25) is 5.69 Å². The molecule has 1 N–H and O–H groups in total. The number of nitrogens with one attached hydrogen (secondary N) is 1. The normalized spacial score (nSPS) is 10.0. The van der Waals surface area contributed by atoms with Crippen LogP contribution in [0.25, 0.3) is 0 Å². The molecule has 0 fully saturated rings. The molecule has 8 heteroatoms. The lowest BCUT2D eigenvalue weighted by molar-refractivity contribution is -0.385. The van der Waals surface area contributed by atoms with Gasteiger partial charge < -0.3 is 5.32 Å². The van der Waals surface area contributed by atoms with Gasteiger partial charge in [-0.05, 0) is 12.1 Å². The molecule has 2 aromatic heterocycles. The van der Waals surface area contributed by atoms with E-state index in [1.165, 1.54) is 12.1 Å². The van der Waals surface area contributed by atoms with Crippen molar-refractivity contribution in [1.82, 2.24) is 14.8 Å². The van der Waals surface area contributed by atoms with Crippen LogP contribution in [0, 0.1) is 21.4 Å². The smallest absolute Gasteiger partial charge is 0.305 e. The molecule has 0 unspecified atom stereocenters. The average molecular weight is 272 g/mol. The summed E-state index contributed by atoms with van der Waals surface area (Å²) in [5.74, 6) is 0.433. The summed E-state index contributed by atoms with van der Waals surface area (Å²) < 4.78 is 1.72. The fourth-order valence-corrected chi connectivity index (χ4v) is 1.70. The summed E-state index contributed by atoms with van der Waals surface area (Å²) in [6, 6.07) is 6.38. The third kappa shape index (κ3) is 3.08. The number of aryl methyl sites for hydroxylation is 1. The molecule has 2 aromatic rings. The lowest BCUT2D eigenvalue weighted by Crippen LogP contribution is -2.08. The third-order valence-electron chi connectivity index (χ3n) is 2.63. The molecule has 2 rings (SSSR count). The zero-order chi connectivity index (χ0) is 14.5. The number of rotatable bonds is 5. The zero-order valence-corrected chi connectivity index (χ0v) is 10.8. The van der Waals surface area contributed by atoms with Crippen LogP contribution in [0.5, 0.6) is 0 Å². The van der Waals surface area contributed by atoms with Crippen molar-refractivity contribution in [1.29, 1.82) is 5.26 Å². The number of nitro groups is 1. The fourth-order valence-electron chi connectivity index (χ4n) is 1.70. The second-order valence-corrected chi connectivity index (χ2v) is 4.09. The fraction of sp³-hybridized carbons (Fsp3) is 0.250. The zero-order valence-electron chi connectivity index (χ0n) is 10.8. The van der Waals surface area contributed by atoms with Crippen LogP contribution >= 0.6 is 0 Å². The predicted octanol–water partition coefficient (Wildman–Crippen LogP) is 1.25. The SMILES string of the molecule is Cn1ccc(CCNc2ccc([N+](=O)[O-])c(C#N)n2)n1. The van der Waals surface area contributed by atoms with E-state index in [0.29, 0.717) is 18.8 Å². The molecule has 8 nitrogen and oxygen atoms in total. The topological polar surface area (TPSA) is 110 Å². The van der Waals surface area contributed by atoms with E-state index < -0.39 is 4.92 Å². The van der Waals surface area contributed by atoms with Crippen molar-refractivity contribution in [2.24, 2.45) is 7.05 Å². The van der Waals surface area contributed by atoms with Crippen molar-refractivity contribution in [3.8, 4) is 6.07 Å². The minimum Gasteiger partial charge on any atom is -0.370 e. The van der Waals surface area contributed by atoms with E-state index in [1.807, 2.05) is 19.3 Å². The molecule has 0 radical (unpaired) electrons. The Hall–Kier alpha value is -2.95. The van der Waals surface area contributed by atoms with E-state index in [0.717, 1.165) is 5.69 Å². The maximum atomic E-state index is 10.7. The van der Waals surface area contributed by atoms with Gasteiger partial charge in [0.05, 0.1) is 10.6 Å². The van der Waals surface area contributed by atoms with Crippen LogP contribution in [0.2, 0.25) is 0 Å². The number of aromatic nitrogens is 3. The van der Waals surface area contributed by atoms with Gasteiger partial charge >= 0.3 is 5.69 Å². The van der Waals surface area contributed by atoms with Crippen LogP contribution in [-0.4, -0.2) is 26.2 Å². The Bertz CT molecular complexity index is 673. The molecule has 2 heterocycles. The summed E-state index contributed by atoms with van der Waals surface area (Å²) in [4.78, 5) is 14.0. The van der Waals surface area contributed by atoms with Crippen LogP contribution in [0.15, 0.2) is 24.4 Å². The predicted molar refractivity (Wildman–Crippen MR) is 71.0 cm³/mol. The van der Waals surface area contributed by atoms with E-state index in [2.05, 4.69) is 15.4 Å². The molecule has 0 bridgehead atoms. The van der Waals surface area contributed by atoms with Gasteiger partial charge in [-0.2, -0.15) is 10.4 Å². The van der Waals surface area contributed by atoms with Crippen LogP contribution in [0.1, 0.15) is 11.4 Å². The second-order valence-electron chi connectivity index (χ2n) is 4.09. The van der Waals surface area contributed by atoms with E-state index in [4.69, 9.17) is 5.26 Å². The highest BCUT2D eigenvalue weighted by Gasteiger charge is 2.15. The first-order valence-corrected chi connectivity index (χ1v) is 5.88. The summed E-state index contributed by atoms with van der Waals surface area (Å²) >= 11 is 0. The maximum absolute atomic E-state index is 10.7. The molecule has 0 aliphatic carbocycles. The Kier molecular flexibility index (Phi) is 3.91. The Morgan fingerprint density at radius 2 is 2.30 bits per heavy atom. The van der Waals surface area contributed by atoms with Crippen molar-refractivity contribution in [2.75, 3.05) is 11.9 Å². The number of pyridine rings is 1. The molecule has 0 aliphatic heterocycles. The van der Waals surface area contributed by atoms with Gasteiger partial charge in [0.1, 0.15) is 11.9 Å². The molecule has 102 valence electrons. The Balaban J connectivity index is 2.00. The Morgan fingerprint density at radius 1 is 1.50 bits per heavy atom. The molecule has 0 spiro atoms. The van der Waals surface area contributed by atoms with E-state index >= 15 is 0 Å². The summed E-state index contributed by atoms with van der Waals surface area (Å²) in [6.07, 6.45) is 2.55. The van der Waals surface area contributed by atoms with Crippen LogP contribution in [-0.2, 0) is 13.5 Å². The molecule has 0 aromatic carbocycles. The summed E-state index contributed by atoms with van der Waals surface area (Å²) in [7, 11) is 1.84. The van der Waals surface area contributed by atoms with Crippen molar-refractivity contribution < 1.29 is 4.92 Å². The highest BCUT2D eigenvalue weighted by Crippen LogP contribution is 2.17. The summed E-state index contributed by atoms with van der Waals surface area (Å²) in [5, 5.41) is 26.8. The number of anilines is 1. The minimum absolute atomic E-state index is 0.196. The number of hydrogen-bond donors (Lipinski definition) is 1. The van der Waals surface area contributed by atoms with Gasteiger partial charge in [-0.25, -0.2) is 4.98 Å². The molecular weight excluding hydrogens is 260 g/mol. The number of hydrogen-bond acceptors (Lipinski definition) is 6. The van der Waals surface area contributed by atoms with E-state index in [-0.39, 0.29) is 11.4 Å². The standard InChI is InChI=1S/C12H12N6O2/c1-17-7-5-9(16-17)4-6-14-12-3-2-11(18(19)20)10(8-13)15-12/h2-3,5,7H,4,6H2,1H3,(H,14,15). The van der Waals surface area contributed by atoms with Gasteiger partial charge in [0.15, 0.2) is 0 Å². The summed E-state index contributed by atoms with van der Waals surface area (Å²) in [6.45, 7) is 0.576. The molecule has 0 amide bonds. The summed E-state index contributed by atoms with van der Waals surface area (Å²) in [5.41, 5.74) is 0.447. The van der Waals surface area contributed by atoms with Crippen molar-refractivity contribution in [2.45, 2.75) is 6.42 Å². The van der Waals surface area contributed by atoms with Gasteiger partial charge in [-0.15, -0.1) is 0 Å². The van der Waals surface area contributed by atoms with Gasteiger partial charge in [0.25, 0.3) is 0 Å². The third-order valence-corrected chi connectivity index (χ3v) is 2.63. The first kappa shape index (κ1) is 13.5. The molecule has 0 saturated carbocycles. The molecule has 0 atom stereocenters. The largest absolute Gasteiger partial charge is 0.370 e. The van der Waals surface area contributed by atoms with Crippen LogP contribution in [0.4, 0.5) is 11.5 Å². The van der Waals surface area contributed by atoms with Gasteiger partial charge in [-0.1, -0.05) is 0 Å². The monoisotopic (exact) mass is 272 g/mol. The van der Waals surface area contributed by atoms with Crippen molar-refractivity contribution in [3.63, 3.8) is 0 Å². The molecule has 0 aliphatic rings. The second kappa shape index (κ2) is 5.79. The highest BCUT2D eigenvalue weighted by atomic mass is 16.6. The first-order chi connectivity index (χ1) is 9.60. The maximum Gasteiger partial charge on any atom is 0.305 e. The molecular formula is C12H12N6O2. The Morgan fingerprint density at radius 3 is 2.90 bits per heavy atom. The first-order valence-electron chi connectivity index (χ1n) is 5.88. The lowest BCUT2D eigenvalue weighted by Gasteiger charge is -2.04. The van der Waals surface area contributed by atoms with Gasteiger partial charge in [-0.3, -0.25) is 14.8 Å². The van der Waals surface area contributed by atoms with E-state index in [1.54, 1.807) is 10.8 Å².